The molecular weight excluding hydrogens is 331 g/mol. The first kappa shape index (κ1) is 20.3. The minimum absolute atomic E-state index is 0.418. The fraction of sp³-hybridized carbons (Fsp3) is 0.923. The van der Waals surface area contributed by atoms with Crippen molar-refractivity contribution in [2.75, 3.05) is 13.2 Å². The number of hydrogen-bond donors (Lipinski definition) is 0. The Morgan fingerprint density at radius 3 is 1.45 bits per heavy atom. The minimum Gasteiger partial charge on any atom is -0.434 e. The predicted molar refractivity (Wildman–Crippen MR) is 92.1 cm³/mol. The van der Waals surface area contributed by atoms with Gasteiger partial charge in [0.25, 0.3) is 0 Å². The summed E-state index contributed by atoms with van der Waals surface area (Å²) in [6, 6.07) is 2.09. The standard InChI is InChI=1S/C13H28Cl2O3Si2/c1-19(2,14)11-7-5-9-17-13(16)18-10-6-8-12-20(3,4)15/h5-12H2,1-4H3. The average molecular weight is 359 g/mol. The maximum atomic E-state index is 11.3. The van der Waals surface area contributed by atoms with Crippen molar-refractivity contribution in [2.24, 2.45) is 0 Å². The van der Waals surface area contributed by atoms with Crippen LogP contribution in [0, 0.1) is 0 Å². The van der Waals surface area contributed by atoms with E-state index in [0.717, 1.165) is 37.8 Å². The van der Waals surface area contributed by atoms with Gasteiger partial charge in [0.05, 0.1) is 13.2 Å². The molecule has 0 aromatic carbocycles. The molecule has 0 rings (SSSR count). The van der Waals surface area contributed by atoms with Gasteiger partial charge in [-0.15, -0.1) is 0 Å². The van der Waals surface area contributed by atoms with E-state index < -0.39 is 20.9 Å². The van der Waals surface area contributed by atoms with Gasteiger partial charge in [0.2, 0.25) is 0 Å². The predicted octanol–water partition coefficient (Wildman–Crippen LogP) is 5.59. The molecule has 0 radical (unpaired) electrons. The van der Waals surface area contributed by atoms with Gasteiger partial charge in [0.1, 0.15) is 14.8 Å². The van der Waals surface area contributed by atoms with Crippen molar-refractivity contribution < 1.29 is 14.3 Å². The molecule has 0 aliphatic heterocycles. The van der Waals surface area contributed by atoms with E-state index >= 15 is 0 Å². The highest BCUT2D eigenvalue weighted by Crippen LogP contribution is 2.18. The lowest BCUT2D eigenvalue weighted by Crippen LogP contribution is -2.16. The Balaban J connectivity index is 3.38. The van der Waals surface area contributed by atoms with E-state index in [1.165, 1.54) is 0 Å². The summed E-state index contributed by atoms with van der Waals surface area (Å²) in [7, 11) is -2.97. The molecule has 0 amide bonds. The van der Waals surface area contributed by atoms with Gasteiger partial charge in [-0.05, 0) is 24.9 Å². The van der Waals surface area contributed by atoms with Crippen LogP contribution < -0.4 is 0 Å². The summed E-state index contributed by atoms with van der Waals surface area (Å²) in [5, 5.41) is 0. The first-order valence-electron chi connectivity index (χ1n) is 7.27. The van der Waals surface area contributed by atoms with Crippen molar-refractivity contribution in [1.29, 1.82) is 0 Å². The highest BCUT2D eigenvalue weighted by molar-refractivity contribution is 7.19. The van der Waals surface area contributed by atoms with Crippen molar-refractivity contribution >= 4 is 43.1 Å². The third-order valence-electron chi connectivity index (χ3n) is 2.77. The lowest BCUT2D eigenvalue weighted by Gasteiger charge is -2.12. The molecule has 0 aromatic heterocycles. The van der Waals surface area contributed by atoms with Crippen LogP contribution in [0.25, 0.3) is 0 Å². The molecule has 0 aliphatic carbocycles. The molecule has 0 bridgehead atoms. The van der Waals surface area contributed by atoms with Crippen LogP contribution in [0.15, 0.2) is 0 Å². The van der Waals surface area contributed by atoms with Crippen LogP contribution in [0.1, 0.15) is 25.7 Å². The van der Waals surface area contributed by atoms with Crippen molar-refractivity contribution in [3.05, 3.63) is 0 Å². The Kier molecular flexibility index (Phi) is 10.2. The number of ether oxygens (including phenoxy) is 2. The van der Waals surface area contributed by atoms with Gasteiger partial charge >= 0.3 is 6.16 Å². The molecule has 7 heteroatoms. The number of carbonyl (C=O) groups is 1. The van der Waals surface area contributed by atoms with Gasteiger partial charge in [0.15, 0.2) is 0 Å². The SMILES string of the molecule is C[Si](C)(Cl)CCCCOC(=O)OCCCC[Si](C)(C)Cl. The third kappa shape index (κ3) is 16.3. The smallest absolute Gasteiger partial charge is 0.434 e. The van der Waals surface area contributed by atoms with E-state index in [1.54, 1.807) is 0 Å². The van der Waals surface area contributed by atoms with E-state index in [-0.39, 0.29) is 0 Å². The highest BCUT2D eigenvalue weighted by atomic mass is 35.6. The zero-order chi connectivity index (χ0) is 15.6. The van der Waals surface area contributed by atoms with Gasteiger partial charge in [-0.3, -0.25) is 0 Å². The first-order valence-corrected chi connectivity index (χ1v) is 15.7. The molecule has 120 valence electrons. The molecule has 0 atom stereocenters. The molecule has 0 saturated heterocycles. The first-order chi connectivity index (χ1) is 9.10. The molecule has 20 heavy (non-hydrogen) atoms. The fourth-order valence-electron chi connectivity index (χ4n) is 1.65. The molecule has 0 heterocycles. The lowest BCUT2D eigenvalue weighted by atomic mass is 10.3. The van der Waals surface area contributed by atoms with Crippen molar-refractivity contribution in [3.63, 3.8) is 0 Å². The largest absolute Gasteiger partial charge is 0.508 e. The maximum absolute atomic E-state index is 11.3. The molecule has 0 unspecified atom stereocenters. The number of halogens is 2. The van der Waals surface area contributed by atoms with Crippen molar-refractivity contribution in [3.8, 4) is 0 Å². The third-order valence-corrected chi connectivity index (χ3v) is 6.99. The Morgan fingerprint density at radius 1 is 0.800 bits per heavy atom. The second kappa shape index (κ2) is 10.1. The van der Waals surface area contributed by atoms with Gasteiger partial charge < -0.3 is 9.47 Å². The lowest BCUT2D eigenvalue weighted by molar-refractivity contribution is 0.0536. The number of rotatable bonds is 10. The van der Waals surface area contributed by atoms with Crippen molar-refractivity contribution in [1.82, 2.24) is 0 Å². The van der Waals surface area contributed by atoms with Gasteiger partial charge in [-0.1, -0.05) is 39.0 Å². The van der Waals surface area contributed by atoms with E-state index in [0.29, 0.717) is 13.2 Å². The number of hydrogen-bond acceptors (Lipinski definition) is 3. The van der Waals surface area contributed by atoms with Crippen LogP contribution >= 0.6 is 22.2 Å². The Bertz CT molecular complexity index is 250. The molecule has 0 aliphatic rings. The van der Waals surface area contributed by atoms with Crippen molar-refractivity contribution in [2.45, 2.75) is 64.0 Å². The summed E-state index contributed by atoms with van der Waals surface area (Å²) in [4.78, 5) is 11.3. The summed E-state index contributed by atoms with van der Waals surface area (Å²) in [5.74, 6) is 0. The van der Waals surface area contributed by atoms with Crippen LogP contribution in [0.4, 0.5) is 4.79 Å². The van der Waals surface area contributed by atoms with Crippen LogP contribution in [0.2, 0.25) is 38.3 Å². The molecule has 3 nitrogen and oxygen atoms in total. The Morgan fingerprint density at radius 2 is 1.15 bits per heavy atom. The number of unbranched alkanes of at least 4 members (excludes halogenated alkanes) is 2. The fourth-order valence-corrected chi connectivity index (χ4v) is 4.63. The quantitative estimate of drug-likeness (QED) is 0.221. The second-order valence-corrected chi connectivity index (χ2v) is 20.3. The van der Waals surface area contributed by atoms with Gasteiger partial charge in [0, 0.05) is 0 Å². The van der Waals surface area contributed by atoms with Crippen LogP contribution in [-0.2, 0) is 9.47 Å². The van der Waals surface area contributed by atoms with E-state index in [1.807, 2.05) is 0 Å². The van der Waals surface area contributed by atoms with Crippen LogP contribution in [0.5, 0.6) is 0 Å². The van der Waals surface area contributed by atoms with E-state index in [9.17, 15) is 4.79 Å². The highest BCUT2D eigenvalue weighted by Gasteiger charge is 2.16. The van der Waals surface area contributed by atoms with E-state index in [2.05, 4.69) is 26.2 Å². The van der Waals surface area contributed by atoms with Crippen LogP contribution in [-0.4, -0.2) is 34.1 Å². The monoisotopic (exact) mass is 358 g/mol. The molecular formula is C13H28Cl2O3Si2. The molecule has 0 saturated carbocycles. The van der Waals surface area contributed by atoms with Gasteiger partial charge in [-0.2, -0.15) is 22.2 Å². The summed E-state index contributed by atoms with van der Waals surface area (Å²) in [6.45, 7) is 9.32. The van der Waals surface area contributed by atoms with E-state index in [4.69, 9.17) is 31.6 Å². The molecule has 0 aromatic rings. The minimum atomic E-state index is -1.49. The summed E-state index contributed by atoms with van der Waals surface area (Å²) >= 11 is 12.4. The summed E-state index contributed by atoms with van der Waals surface area (Å²) in [5.41, 5.74) is 0. The molecule has 0 N–H and O–H groups in total. The summed E-state index contributed by atoms with van der Waals surface area (Å²) < 4.78 is 10.00. The molecule has 0 fully saturated rings. The van der Waals surface area contributed by atoms with Crippen LogP contribution in [0.3, 0.4) is 0 Å². The maximum Gasteiger partial charge on any atom is 0.508 e. The van der Waals surface area contributed by atoms with Gasteiger partial charge in [-0.25, -0.2) is 4.79 Å². The Labute approximate surface area is 134 Å². The summed E-state index contributed by atoms with van der Waals surface area (Å²) in [6.07, 6.45) is 3.15. The Hall–Kier alpha value is 0.284. The normalized spacial score (nSPS) is 12.3. The zero-order valence-corrected chi connectivity index (χ0v) is 16.6. The topological polar surface area (TPSA) is 35.5 Å². The molecule has 0 spiro atoms. The number of carbonyl (C=O) groups excluding carboxylic acids is 1. The zero-order valence-electron chi connectivity index (χ0n) is 13.1. The average Bonchev–Trinajstić information content (AvgIpc) is 2.25. The second-order valence-electron chi connectivity index (χ2n) is 6.30.